The first-order valence-corrected chi connectivity index (χ1v) is 7.66. The lowest BCUT2D eigenvalue weighted by atomic mass is 10.1. The first kappa shape index (κ1) is 13.8. The van der Waals surface area contributed by atoms with Crippen LogP contribution in [0.1, 0.15) is 31.4 Å². The summed E-state index contributed by atoms with van der Waals surface area (Å²) in [5.41, 5.74) is 7.38. The first-order valence-electron chi connectivity index (χ1n) is 7.66. The maximum atomic E-state index is 14.2. The Bertz CT molecular complexity index is 463. The van der Waals surface area contributed by atoms with Crippen LogP contribution in [0.4, 0.5) is 10.1 Å². The maximum Gasteiger partial charge on any atom is 0.146 e. The molecule has 3 nitrogen and oxygen atoms in total. The van der Waals surface area contributed by atoms with E-state index in [2.05, 4.69) is 9.80 Å². The summed E-state index contributed by atoms with van der Waals surface area (Å²) in [7, 11) is 0. The summed E-state index contributed by atoms with van der Waals surface area (Å²) in [4.78, 5) is 4.67. The van der Waals surface area contributed by atoms with Gasteiger partial charge in [-0.2, -0.15) is 0 Å². The van der Waals surface area contributed by atoms with Gasteiger partial charge in [0.1, 0.15) is 5.82 Å². The highest BCUT2D eigenvalue weighted by molar-refractivity contribution is 5.50. The Morgan fingerprint density at radius 2 is 1.95 bits per heavy atom. The molecule has 0 bridgehead atoms. The van der Waals surface area contributed by atoms with Crippen molar-refractivity contribution in [3.05, 3.63) is 29.6 Å². The molecule has 1 aliphatic carbocycles. The van der Waals surface area contributed by atoms with Gasteiger partial charge in [-0.25, -0.2) is 4.39 Å². The Morgan fingerprint density at radius 1 is 1.25 bits per heavy atom. The monoisotopic (exact) mass is 277 g/mol. The molecular weight excluding hydrogens is 253 g/mol. The van der Waals surface area contributed by atoms with Crippen LogP contribution in [0.2, 0.25) is 0 Å². The minimum atomic E-state index is -0.143. The smallest absolute Gasteiger partial charge is 0.146 e. The third-order valence-corrected chi connectivity index (χ3v) is 4.42. The summed E-state index contributed by atoms with van der Waals surface area (Å²) >= 11 is 0. The molecule has 1 aromatic rings. The van der Waals surface area contributed by atoms with E-state index in [0.29, 0.717) is 0 Å². The molecule has 1 saturated carbocycles. The molecule has 1 aliphatic heterocycles. The zero-order valence-corrected chi connectivity index (χ0v) is 12.2. The number of rotatable bonds is 4. The maximum absolute atomic E-state index is 14.2. The summed E-state index contributed by atoms with van der Waals surface area (Å²) in [6.45, 7) is 7.04. The number of benzene rings is 1. The molecular formula is C16H24FN3. The van der Waals surface area contributed by atoms with Gasteiger partial charge in [-0.05, 0) is 43.4 Å². The quantitative estimate of drug-likeness (QED) is 0.917. The van der Waals surface area contributed by atoms with Crippen LogP contribution in [0.25, 0.3) is 0 Å². The lowest BCUT2D eigenvalue weighted by Gasteiger charge is -2.36. The third-order valence-electron chi connectivity index (χ3n) is 4.42. The largest absolute Gasteiger partial charge is 0.367 e. The van der Waals surface area contributed by atoms with E-state index in [-0.39, 0.29) is 11.9 Å². The van der Waals surface area contributed by atoms with Crippen molar-refractivity contribution in [1.82, 2.24) is 4.90 Å². The molecule has 110 valence electrons. The first-order chi connectivity index (χ1) is 9.63. The van der Waals surface area contributed by atoms with Crippen molar-refractivity contribution in [3.63, 3.8) is 0 Å². The second-order valence-electron chi connectivity index (χ2n) is 6.23. The number of nitrogens with two attached hydrogens (primary N) is 1. The number of piperazine rings is 1. The van der Waals surface area contributed by atoms with Crippen LogP contribution in [0.15, 0.2) is 18.2 Å². The molecule has 1 heterocycles. The molecule has 3 rings (SSSR count). The van der Waals surface area contributed by atoms with E-state index in [1.807, 2.05) is 19.1 Å². The number of hydrogen-bond donors (Lipinski definition) is 1. The van der Waals surface area contributed by atoms with Gasteiger partial charge in [0.05, 0.1) is 5.69 Å². The molecule has 2 fully saturated rings. The summed E-state index contributed by atoms with van der Waals surface area (Å²) in [5.74, 6) is 0.791. The molecule has 2 aliphatic rings. The highest BCUT2D eigenvalue weighted by Gasteiger charge is 2.27. The van der Waals surface area contributed by atoms with Gasteiger partial charge >= 0.3 is 0 Å². The van der Waals surface area contributed by atoms with Crippen molar-refractivity contribution in [3.8, 4) is 0 Å². The van der Waals surface area contributed by atoms with E-state index in [0.717, 1.165) is 43.3 Å². The van der Waals surface area contributed by atoms with E-state index >= 15 is 0 Å². The fourth-order valence-electron chi connectivity index (χ4n) is 2.90. The zero-order chi connectivity index (χ0) is 14.1. The van der Waals surface area contributed by atoms with Gasteiger partial charge in [0.2, 0.25) is 0 Å². The Kier molecular flexibility index (Phi) is 3.94. The third kappa shape index (κ3) is 3.13. The van der Waals surface area contributed by atoms with Gasteiger partial charge in [-0.3, -0.25) is 4.90 Å². The molecule has 0 spiro atoms. The average molecular weight is 277 g/mol. The molecule has 20 heavy (non-hydrogen) atoms. The number of hydrogen-bond acceptors (Lipinski definition) is 3. The van der Waals surface area contributed by atoms with Crippen LogP contribution in [0.3, 0.4) is 0 Å². The second kappa shape index (κ2) is 5.70. The highest BCUT2D eigenvalue weighted by Crippen LogP contribution is 2.30. The van der Waals surface area contributed by atoms with Crippen molar-refractivity contribution in [2.45, 2.75) is 25.8 Å². The molecule has 0 radical (unpaired) electrons. The van der Waals surface area contributed by atoms with Crippen LogP contribution in [-0.2, 0) is 0 Å². The average Bonchev–Trinajstić information content (AvgIpc) is 3.24. The van der Waals surface area contributed by atoms with E-state index in [1.165, 1.54) is 19.4 Å². The molecule has 2 N–H and O–H groups in total. The van der Waals surface area contributed by atoms with E-state index in [1.54, 1.807) is 6.07 Å². The van der Waals surface area contributed by atoms with Crippen molar-refractivity contribution in [2.24, 2.45) is 11.7 Å². The van der Waals surface area contributed by atoms with Gasteiger partial charge in [-0.1, -0.05) is 6.07 Å². The van der Waals surface area contributed by atoms with Crippen LogP contribution in [0.5, 0.6) is 0 Å². The van der Waals surface area contributed by atoms with Crippen molar-refractivity contribution in [1.29, 1.82) is 0 Å². The van der Waals surface area contributed by atoms with Crippen molar-refractivity contribution >= 4 is 5.69 Å². The Balaban J connectivity index is 1.62. The normalized spacial score (nSPS) is 22.1. The summed E-state index contributed by atoms with van der Waals surface area (Å²) in [6, 6.07) is 5.29. The molecule has 1 aromatic carbocycles. The van der Waals surface area contributed by atoms with Gasteiger partial charge in [0, 0.05) is 38.8 Å². The van der Waals surface area contributed by atoms with E-state index < -0.39 is 0 Å². The molecule has 1 saturated heterocycles. The Hall–Kier alpha value is -1.13. The molecule has 0 aromatic heterocycles. The highest BCUT2D eigenvalue weighted by atomic mass is 19.1. The van der Waals surface area contributed by atoms with Gasteiger partial charge < -0.3 is 10.6 Å². The predicted octanol–water partition coefficient (Wildman–Crippen LogP) is 2.38. The molecule has 0 unspecified atom stereocenters. The lowest BCUT2D eigenvalue weighted by Crippen LogP contribution is -2.47. The lowest BCUT2D eigenvalue weighted by molar-refractivity contribution is 0.247. The van der Waals surface area contributed by atoms with Crippen molar-refractivity contribution in [2.75, 3.05) is 37.6 Å². The summed E-state index contributed by atoms with van der Waals surface area (Å²) in [6.07, 6.45) is 2.79. The minimum Gasteiger partial charge on any atom is -0.367 e. The Labute approximate surface area is 120 Å². The number of nitrogens with zero attached hydrogens (tertiary/aromatic N) is 2. The SMILES string of the molecule is C[C@@H](N)c1ccc(N2CCN(CC3CC3)CC2)c(F)c1. The fraction of sp³-hybridized carbons (Fsp3) is 0.625. The standard InChI is InChI=1S/C16H24FN3/c1-12(18)14-4-5-16(15(17)10-14)20-8-6-19(7-9-20)11-13-2-3-13/h4-5,10,12-13H,2-3,6-9,11,18H2,1H3/t12-/m1/s1. The summed E-state index contributed by atoms with van der Waals surface area (Å²) < 4.78 is 14.2. The fourth-order valence-corrected chi connectivity index (χ4v) is 2.90. The van der Waals surface area contributed by atoms with Crippen LogP contribution in [0, 0.1) is 11.7 Å². The van der Waals surface area contributed by atoms with Crippen molar-refractivity contribution < 1.29 is 4.39 Å². The topological polar surface area (TPSA) is 32.5 Å². The van der Waals surface area contributed by atoms with Crippen LogP contribution in [-0.4, -0.2) is 37.6 Å². The van der Waals surface area contributed by atoms with E-state index in [9.17, 15) is 4.39 Å². The zero-order valence-electron chi connectivity index (χ0n) is 12.2. The van der Waals surface area contributed by atoms with Gasteiger partial charge in [0.15, 0.2) is 0 Å². The Morgan fingerprint density at radius 3 is 2.50 bits per heavy atom. The summed E-state index contributed by atoms with van der Waals surface area (Å²) in [5, 5.41) is 0. The number of anilines is 1. The minimum absolute atomic E-state index is 0.117. The van der Waals surface area contributed by atoms with Crippen LogP contribution >= 0.6 is 0 Å². The van der Waals surface area contributed by atoms with Gasteiger partial charge in [-0.15, -0.1) is 0 Å². The molecule has 1 atom stereocenters. The molecule has 0 amide bonds. The number of halogens is 1. The molecule has 4 heteroatoms. The van der Waals surface area contributed by atoms with Crippen LogP contribution < -0.4 is 10.6 Å². The predicted molar refractivity (Wildman–Crippen MR) is 80.4 cm³/mol. The second-order valence-corrected chi connectivity index (χ2v) is 6.23. The van der Waals surface area contributed by atoms with Gasteiger partial charge in [0.25, 0.3) is 0 Å². The van der Waals surface area contributed by atoms with E-state index in [4.69, 9.17) is 5.73 Å².